The molecule has 0 unspecified atom stereocenters. The van der Waals surface area contributed by atoms with Gasteiger partial charge in [-0.2, -0.15) is 5.26 Å². The third-order valence-electron chi connectivity index (χ3n) is 5.71. The molecule has 2 aliphatic rings. The summed E-state index contributed by atoms with van der Waals surface area (Å²) < 4.78 is 32.9. The lowest BCUT2D eigenvalue weighted by Crippen LogP contribution is -2.47. The van der Waals surface area contributed by atoms with Crippen molar-refractivity contribution in [3.8, 4) is 6.07 Å². The summed E-state index contributed by atoms with van der Waals surface area (Å²) >= 11 is 3.56. The number of likely N-dealkylation sites (tertiary alicyclic amines) is 1. The van der Waals surface area contributed by atoms with Crippen LogP contribution < -0.4 is 5.32 Å². The lowest BCUT2D eigenvalue weighted by atomic mass is 9.89. The normalized spacial score (nSPS) is 26.0. The Kier molecular flexibility index (Phi) is 5.08. The number of alkyl halides is 2. The molecule has 144 valence electrons. The van der Waals surface area contributed by atoms with Crippen LogP contribution in [0.3, 0.4) is 0 Å². The van der Waals surface area contributed by atoms with Crippen molar-refractivity contribution < 1.29 is 13.2 Å². The lowest BCUT2D eigenvalue weighted by Gasteiger charge is -2.40. The Morgan fingerprint density at radius 2 is 1.96 bits per heavy atom. The molecule has 0 spiro atoms. The second-order valence-electron chi connectivity index (χ2n) is 7.46. The predicted octanol–water partition coefficient (Wildman–Crippen LogP) is 4.92. The van der Waals surface area contributed by atoms with Gasteiger partial charge >= 0.3 is 0 Å². The zero-order valence-corrected chi connectivity index (χ0v) is 16.4. The highest BCUT2D eigenvalue weighted by atomic mass is 79.9. The number of fused-ring (bicyclic) bond motifs is 1. The van der Waals surface area contributed by atoms with Crippen LogP contribution in [0.2, 0.25) is 0 Å². The van der Waals surface area contributed by atoms with Gasteiger partial charge in [-0.05, 0) is 41.6 Å². The fourth-order valence-corrected chi connectivity index (χ4v) is 4.66. The maximum absolute atomic E-state index is 13.3. The predicted molar refractivity (Wildman–Crippen MR) is 102 cm³/mol. The molecule has 1 aliphatic carbocycles. The number of hydrogen-bond acceptors (Lipinski definition) is 5. The topological polar surface area (TPSA) is 65.1 Å². The Hall–Kier alpha value is -1.72. The third kappa shape index (κ3) is 3.94. The van der Waals surface area contributed by atoms with Crippen molar-refractivity contribution in [1.29, 1.82) is 5.26 Å². The van der Waals surface area contributed by atoms with Gasteiger partial charge in [0.2, 0.25) is 5.76 Å². The maximum Gasteiger partial charge on any atom is 0.250 e. The summed E-state index contributed by atoms with van der Waals surface area (Å²) in [6.45, 7) is 1.00. The number of anilines is 1. The number of halogens is 3. The molecule has 27 heavy (non-hydrogen) atoms. The first-order valence-electron chi connectivity index (χ1n) is 9.32. The van der Waals surface area contributed by atoms with Crippen LogP contribution in [-0.4, -0.2) is 41.0 Å². The van der Waals surface area contributed by atoms with Crippen molar-refractivity contribution in [1.82, 2.24) is 9.88 Å². The first-order valence-corrected chi connectivity index (χ1v) is 10.1. The van der Waals surface area contributed by atoms with Crippen LogP contribution in [0.4, 0.5) is 14.6 Å². The van der Waals surface area contributed by atoms with E-state index in [4.69, 9.17) is 9.68 Å². The van der Waals surface area contributed by atoms with Crippen molar-refractivity contribution in [2.45, 2.75) is 56.5 Å². The van der Waals surface area contributed by atoms with Gasteiger partial charge in [0.1, 0.15) is 11.9 Å². The summed E-state index contributed by atoms with van der Waals surface area (Å²) in [5.74, 6) is -1.48. The molecular weight excluding hydrogens is 418 g/mol. The Bertz CT molecular complexity index is 860. The first kappa shape index (κ1) is 18.6. The van der Waals surface area contributed by atoms with Gasteiger partial charge in [0.25, 0.3) is 5.92 Å². The molecule has 8 heteroatoms. The van der Waals surface area contributed by atoms with E-state index in [1.807, 2.05) is 6.07 Å². The third-order valence-corrected chi connectivity index (χ3v) is 6.51. The van der Waals surface area contributed by atoms with E-state index in [9.17, 15) is 8.78 Å². The summed E-state index contributed by atoms with van der Waals surface area (Å²) in [4.78, 5) is 6.66. The molecule has 0 atom stereocenters. The molecular formula is C19H21BrF2N4O. The SMILES string of the molecule is N#Cc1cc2c(Br)c(NC3CCC(N4CCC(F)(F)CC4)CC3)ncc2o1. The molecule has 0 radical (unpaired) electrons. The number of nitrogens with zero attached hydrogens (tertiary/aromatic N) is 3. The number of hydrogen-bond donors (Lipinski definition) is 1. The number of aromatic nitrogens is 1. The standard InChI is InChI=1S/C19H21BrF2N4O/c20-17-15-9-14(10-23)27-16(15)11-24-18(17)25-12-1-3-13(4-2-12)26-7-5-19(21,22)6-8-26/h9,11-13H,1-8H2,(H,24,25). The second kappa shape index (κ2) is 7.36. The molecule has 2 aromatic rings. The summed E-state index contributed by atoms with van der Waals surface area (Å²) in [6.07, 6.45) is 5.58. The van der Waals surface area contributed by atoms with Crippen molar-refractivity contribution in [3.63, 3.8) is 0 Å². The molecule has 0 bridgehead atoms. The highest BCUT2D eigenvalue weighted by Crippen LogP contribution is 2.35. The fraction of sp³-hybridized carbons (Fsp3) is 0.579. The molecule has 1 saturated heterocycles. The highest BCUT2D eigenvalue weighted by molar-refractivity contribution is 9.10. The maximum atomic E-state index is 13.3. The van der Waals surface area contributed by atoms with Crippen molar-refractivity contribution in [2.75, 3.05) is 18.4 Å². The van der Waals surface area contributed by atoms with Gasteiger partial charge < -0.3 is 9.73 Å². The Morgan fingerprint density at radius 3 is 2.63 bits per heavy atom. The fourth-order valence-electron chi connectivity index (χ4n) is 4.13. The van der Waals surface area contributed by atoms with E-state index in [0.29, 0.717) is 30.8 Å². The van der Waals surface area contributed by atoms with Gasteiger partial charge in [-0.1, -0.05) is 0 Å². The Balaban J connectivity index is 1.36. The molecule has 1 aliphatic heterocycles. The molecule has 1 N–H and O–H groups in total. The number of rotatable bonds is 3. The summed E-state index contributed by atoms with van der Waals surface area (Å²) in [5.41, 5.74) is 0.578. The van der Waals surface area contributed by atoms with E-state index in [1.165, 1.54) is 0 Å². The average Bonchev–Trinajstić information content (AvgIpc) is 3.09. The van der Waals surface area contributed by atoms with Gasteiger partial charge in [-0.25, -0.2) is 13.8 Å². The molecule has 1 saturated carbocycles. The van der Waals surface area contributed by atoms with Crippen LogP contribution in [0.1, 0.15) is 44.3 Å². The summed E-state index contributed by atoms with van der Waals surface area (Å²) in [6, 6.07) is 4.41. The van der Waals surface area contributed by atoms with Gasteiger partial charge in [0.05, 0.1) is 10.7 Å². The van der Waals surface area contributed by atoms with Crippen molar-refractivity contribution >= 4 is 32.7 Å². The van der Waals surface area contributed by atoms with Crippen molar-refractivity contribution in [3.05, 3.63) is 22.5 Å². The van der Waals surface area contributed by atoms with E-state index >= 15 is 0 Å². The average molecular weight is 439 g/mol. The van der Waals surface area contributed by atoms with Gasteiger partial charge in [0.15, 0.2) is 5.58 Å². The largest absolute Gasteiger partial charge is 0.444 e. The number of piperidine rings is 1. The molecule has 0 amide bonds. The van der Waals surface area contributed by atoms with E-state index in [0.717, 1.165) is 41.4 Å². The summed E-state index contributed by atoms with van der Waals surface area (Å²) in [5, 5.41) is 13.3. The molecule has 3 heterocycles. The molecule has 4 rings (SSSR count). The molecule has 2 aromatic heterocycles. The Labute approximate surface area is 164 Å². The molecule has 0 aromatic carbocycles. The highest BCUT2D eigenvalue weighted by Gasteiger charge is 2.37. The van der Waals surface area contributed by atoms with Crippen LogP contribution >= 0.6 is 15.9 Å². The number of furan rings is 1. The lowest BCUT2D eigenvalue weighted by molar-refractivity contribution is -0.0657. The van der Waals surface area contributed by atoms with Gasteiger partial charge in [0, 0.05) is 49.5 Å². The number of pyridine rings is 1. The van der Waals surface area contributed by atoms with Crippen LogP contribution in [0.5, 0.6) is 0 Å². The summed E-state index contributed by atoms with van der Waals surface area (Å²) in [7, 11) is 0. The van der Waals surface area contributed by atoms with E-state index in [2.05, 4.69) is 31.1 Å². The number of nitriles is 1. The minimum Gasteiger partial charge on any atom is -0.444 e. The smallest absolute Gasteiger partial charge is 0.250 e. The van der Waals surface area contributed by atoms with Gasteiger partial charge in [-0.15, -0.1) is 0 Å². The zero-order valence-electron chi connectivity index (χ0n) is 14.9. The Morgan fingerprint density at radius 1 is 1.26 bits per heavy atom. The van der Waals surface area contributed by atoms with Crippen molar-refractivity contribution in [2.24, 2.45) is 0 Å². The minimum absolute atomic E-state index is 0.0164. The first-order chi connectivity index (χ1) is 12.9. The van der Waals surface area contributed by atoms with Gasteiger partial charge in [-0.3, -0.25) is 4.90 Å². The van der Waals surface area contributed by atoms with Crippen LogP contribution in [0, 0.1) is 11.3 Å². The van der Waals surface area contributed by atoms with Crippen LogP contribution in [-0.2, 0) is 0 Å². The molecule has 2 fully saturated rings. The minimum atomic E-state index is -2.48. The van der Waals surface area contributed by atoms with Crippen LogP contribution in [0.15, 0.2) is 21.2 Å². The quantitative estimate of drug-likeness (QED) is 0.736. The number of nitrogens with one attached hydrogen (secondary N) is 1. The van der Waals surface area contributed by atoms with E-state index in [1.54, 1.807) is 12.3 Å². The monoisotopic (exact) mass is 438 g/mol. The van der Waals surface area contributed by atoms with E-state index in [-0.39, 0.29) is 18.6 Å². The second-order valence-corrected chi connectivity index (χ2v) is 8.26. The van der Waals surface area contributed by atoms with E-state index < -0.39 is 5.92 Å². The molecule has 5 nitrogen and oxygen atoms in total. The zero-order chi connectivity index (χ0) is 19.0. The van der Waals surface area contributed by atoms with Crippen LogP contribution in [0.25, 0.3) is 11.0 Å².